The van der Waals surface area contributed by atoms with Crippen LogP contribution in [0.25, 0.3) is 0 Å². The molecule has 4 rings (SSSR count). The van der Waals surface area contributed by atoms with Crippen LogP contribution in [0, 0.1) is 40.3 Å². The first-order chi connectivity index (χ1) is 15.4. The molecule has 6 nitrogen and oxygen atoms in total. The first kappa shape index (κ1) is 21.8. The van der Waals surface area contributed by atoms with Gasteiger partial charge in [0.25, 0.3) is 0 Å². The molecule has 3 atom stereocenters. The Hall–Kier alpha value is -3.40. The second kappa shape index (κ2) is 8.99. The predicted octanol–water partition coefficient (Wildman–Crippen LogP) is 5.41. The Morgan fingerprint density at radius 1 is 1.28 bits per heavy atom. The number of nitrogens with zero attached hydrogens (tertiary/aromatic N) is 2. The lowest BCUT2D eigenvalue weighted by Gasteiger charge is -2.14. The van der Waals surface area contributed by atoms with Crippen molar-refractivity contribution in [1.82, 2.24) is 0 Å². The maximum absolute atomic E-state index is 14.2. The van der Waals surface area contributed by atoms with E-state index in [0.717, 1.165) is 0 Å². The van der Waals surface area contributed by atoms with Crippen LogP contribution in [0.3, 0.4) is 0 Å². The van der Waals surface area contributed by atoms with Gasteiger partial charge in [-0.05, 0) is 48.4 Å². The lowest BCUT2D eigenvalue weighted by molar-refractivity contribution is -0.149. The van der Waals surface area contributed by atoms with Crippen LogP contribution in [0.5, 0.6) is 11.5 Å². The van der Waals surface area contributed by atoms with Gasteiger partial charge in [-0.25, -0.2) is 4.39 Å². The summed E-state index contributed by atoms with van der Waals surface area (Å²) in [6.45, 7) is 4.50. The Labute approximate surface area is 186 Å². The molecule has 2 aliphatic carbocycles. The van der Waals surface area contributed by atoms with Crippen molar-refractivity contribution in [3.63, 3.8) is 0 Å². The lowest BCUT2D eigenvalue weighted by Crippen LogP contribution is -2.15. The molecule has 0 spiro atoms. The number of halogens is 1. The highest BCUT2D eigenvalue weighted by molar-refractivity contribution is 5.85. The number of hydrogen-bond donors (Lipinski definition) is 0. The predicted molar refractivity (Wildman–Crippen MR) is 115 cm³/mol. The van der Waals surface area contributed by atoms with Gasteiger partial charge >= 0.3 is 5.97 Å². The quantitative estimate of drug-likeness (QED) is 0.298. The molecule has 0 aromatic heterocycles. The molecule has 32 heavy (non-hydrogen) atoms. The van der Waals surface area contributed by atoms with Crippen LogP contribution in [0.1, 0.15) is 38.4 Å². The van der Waals surface area contributed by atoms with Gasteiger partial charge in [0, 0.05) is 17.7 Å². The Bertz CT molecular complexity index is 1040. The van der Waals surface area contributed by atoms with Crippen LogP contribution >= 0.6 is 0 Å². The summed E-state index contributed by atoms with van der Waals surface area (Å²) < 4.78 is 25.3. The molecule has 7 heteroatoms. The van der Waals surface area contributed by atoms with Gasteiger partial charge in [-0.1, -0.05) is 43.3 Å². The van der Waals surface area contributed by atoms with Gasteiger partial charge in [0.1, 0.15) is 18.4 Å². The summed E-state index contributed by atoms with van der Waals surface area (Å²) in [5, 5.41) is 13.6. The minimum Gasteiger partial charge on any atom is -0.454 e. The zero-order valence-corrected chi connectivity index (χ0v) is 18.0. The van der Waals surface area contributed by atoms with Crippen molar-refractivity contribution in [2.75, 3.05) is 6.61 Å². The standard InChI is InChI=1S/C25H25FN2O4/c1-25(2)19(14-28-30-15-16-8-9-16)23(25)24(29)32-22(13-27)17-10-11-20(26)21(12-17)31-18-6-4-3-5-7-18/h3-7,10-12,14,16,19,22-23H,8-9,15H2,1-2H3/b28-14+. The number of nitriles is 1. The third kappa shape index (κ3) is 4.91. The summed E-state index contributed by atoms with van der Waals surface area (Å²) in [5.74, 6) is -0.607. The van der Waals surface area contributed by atoms with Crippen molar-refractivity contribution in [3.8, 4) is 17.6 Å². The normalized spacial score (nSPS) is 22.1. The van der Waals surface area contributed by atoms with Gasteiger partial charge in [0.15, 0.2) is 11.6 Å². The Kier molecular flexibility index (Phi) is 6.13. The largest absolute Gasteiger partial charge is 0.454 e. The highest BCUT2D eigenvalue weighted by Crippen LogP contribution is 2.58. The summed E-state index contributed by atoms with van der Waals surface area (Å²) in [5.41, 5.74) is -0.00177. The molecule has 0 aliphatic heterocycles. The van der Waals surface area contributed by atoms with E-state index in [0.29, 0.717) is 23.8 Å². The van der Waals surface area contributed by atoms with E-state index in [-0.39, 0.29) is 17.1 Å². The van der Waals surface area contributed by atoms with E-state index in [1.807, 2.05) is 26.0 Å². The minimum absolute atomic E-state index is 0.0467. The van der Waals surface area contributed by atoms with E-state index in [4.69, 9.17) is 14.3 Å². The van der Waals surface area contributed by atoms with E-state index in [1.54, 1.807) is 30.5 Å². The van der Waals surface area contributed by atoms with E-state index in [1.165, 1.54) is 31.0 Å². The van der Waals surface area contributed by atoms with E-state index in [2.05, 4.69) is 5.16 Å². The number of oxime groups is 1. The fraction of sp³-hybridized carbons (Fsp3) is 0.400. The summed E-state index contributed by atoms with van der Waals surface area (Å²) in [6, 6.07) is 14.7. The molecule has 0 N–H and O–H groups in total. The zero-order valence-electron chi connectivity index (χ0n) is 18.0. The Morgan fingerprint density at radius 2 is 2.03 bits per heavy atom. The third-order valence-corrected chi connectivity index (χ3v) is 6.05. The van der Waals surface area contributed by atoms with Crippen molar-refractivity contribution in [3.05, 3.63) is 59.9 Å². The average Bonchev–Trinajstić information content (AvgIpc) is 3.69. The van der Waals surface area contributed by atoms with E-state index < -0.39 is 23.8 Å². The summed E-state index contributed by atoms with van der Waals surface area (Å²) in [4.78, 5) is 18.1. The molecule has 0 radical (unpaired) electrons. The van der Waals surface area contributed by atoms with Crippen LogP contribution in [-0.2, 0) is 14.4 Å². The first-order valence-corrected chi connectivity index (χ1v) is 10.7. The fourth-order valence-corrected chi connectivity index (χ4v) is 3.68. The number of hydrogen-bond acceptors (Lipinski definition) is 6. The molecule has 166 valence electrons. The Morgan fingerprint density at radius 3 is 2.72 bits per heavy atom. The molecule has 2 aliphatic rings. The SMILES string of the molecule is CC1(C)C(/C=N/OCC2CC2)C1C(=O)OC(C#N)c1ccc(F)c(Oc2ccccc2)c1. The van der Waals surface area contributed by atoms with Crippen molar-refractivity contribution in [2.45, 2.75) is 32.8 Å². The van der Waals surface area contributed by atoms with Crippen molar-refractivity contribution < 1.29 is 23.5 Å². The minimum atomic E-state index is -1.18. The molecular formula is C25H25FN2O4. The molecule has 2 fully saturated rings. The number of carbonyl (C=O) groups excluding carboxylic acids is 1. The highest BCUT2D eigenvalue weighted by atomic mass is 19.1. The molecule has 2 aromatic carbocycles. The van der Waals surface area contributed by atoms with Crippen LogP contribution in [0.15, 0.2) is 53.7 Å². The van der Waals surface area contributed by atoms with Gasteiger partial charge in [-0.2, -0.15) is 5.26 Å². The van der Waals surface area contributed by atoms with E-state index in [9.17, 15) is 14.4 Å². The number of esters is 1. The number of rotatable bonds is 9. The smallest absolute Gasteiger partial charge is 0.311 e. The van der Waals surface area contributed by atoms with Crippen LogP contribution in [0.4, 0.5) is 4.39 Å². The lowest BCUT2D eigenvalue weighted by atomic mass is 10.1. The molecule has 0 amide bonds. The number of ether oxygens (including phenoxy) is 2. The average molecular weight is 436 g/mol. The number of benzene rings is 2. The maximum atomic E-state index is 14.2. The monoisotopic (exact) mass is 436 g/mol. The number of carbonyl (C=O) groups is 1. The fourth-order valence-electron chi connectivity index (χ4n) is 3.68. The summed E-state index contributed by atoms with van der Waals surface area (Å²) in [6.07, 6.45) is 2.83. The summed E-state index contributed by atoms with van der Waals surface area (Å²) in [7, 11) is 0. The van der Waals surface area contributed by atoms with Crippen molar-refractivity contribution >= 4 is 12.2 Å². The molecule has 0 heterocycles. The molecule has 2 saturated carbocycles. The maximum Gasteiger partial charge on any atom is 0.311 e. The van der Waals surface area contributed by atoms with Crippen LogP contribution < -0.4 is 4.74 Å². The molecule has 3 unspecified atom stereocenters. The van der Waals surface area contributed by atoms with Gasteiger partial charge in [-0.15, -0.1) is 0 Å². The molecule has 2 aromatic rings. The second-order valence-electron chi connectivity index (χ2n) is 8.87. The van der Waals surface area contributed by atoms with Crippen molar-refractivity contribution in [1.29, 1.82) is 5.26 Å². The highest BCUT2D eigenvalue weighted by Gasteiger charge is 2.62. The topological polar surface area (TPSA) is 80.9 Å². The molecular weight excluding hydrogens is 411 g/mol. The molecule has 0 saturated heterocycles. The zero-order chi connectivity index (χ0) is 22.7. The molecule has 0 bridgehead atoms. The number of para-hydroxylation sites is 1. The van der Waals surface area contributed by atoms with Crippen molar-refractivity contribution in [2.24, 2.45) is 28.3 Å². The van der Waals surface area contributed by atoms with E-state index >= 15 is 0 Å². The van der Waals surface area contributed by atoms with Gasteiger partial charge in [0.2, 0.25) is 6.10 Å². The van der Waals surface area contributed by atoms with Gasteiger partial charge in [0.05, 0.1) is 5.92 Å². The van der Waals surface area contributed by atoms with Gasteiger partial charge < -0.3 is 14.3 Å². The third-order valence-electron chi connectivity index (χ3n) is 6.05. The first-order valence-electron chi connectivity index (χ1n) is 10.7. The van der Waals surface area contributed by atoms with Crippen LogP contribution in [0.2, 0.25) is 0 Å². The summed E-state index contributed by atoms with van der Waals surface area (Å²) >= 11 is 0. The second-order valence-corrected chi connectivity index (χ2v) is 8.87. The van der Waals surface area contributed by atoms with Gasteiger partial charge in [-0.3, -0.25) is 4.79 Å². The Balaban J connectivity index is 1.41. The van der Waals surface area contributed by atoms with Crippen LogP contribution in [-0.4, -0.2) is 18.8 Å².